The third kappa shape index (κ3) is 5.39. The molecule has 1 amide bonds. The standard InChI is InChI=1S/C18H18ClF3N2O3S/c1-11-4-6-14(8-12(11)2)24(28(3,26)27)10-17(25)23-16-7-5-13(19)9-15(16)18(20,21)22/h4-9H,10H2,1-3H3,(H,23,25). The molecule has 0 spiro atoms. The van der Waals surface area contributed by atoms with Gasteiger partial charge in [0.25, 0.3) is 0 Å². The molecule has 152 valence electrons. The topological polar surface area (TPSA) is 66.5 Å². The highest BCUT2D eigenvalue weighted by atomic mass is 35.5. The molecule has 1 N–H and O–H groups in total. The lowest BCUT2D eigenvalue weighted by Crippen LogP contribution is -2.37. The minimum absolute atomic E-state index is 0.141. The van der Waals surface area contributed by atoms with Crippen LogP contribution in [0.3, 0.4) is 0 Å². The van der Waals surface area contributed by atoms with E-state index in [1.165, 1.54) is 12.1 Å². The lowest BCUT2D eigenvalue weighted by molar-refractivity contribution is -0.137. The number of anilines is 2. The summed E-state index contributed by atoms with van der Waals surface area (Å²) in [6.45, 7) is 2.94. The Balaban J connectivity index is 2.32. The van der Waals surface area contributed by atoms with Crippen molar-refractivity contribution in [3.63, 3.8) is 0 Å². The van der Waals surface area contributed by atoms with E-state index in [9.17, 15) is 26.4 Å². The van der Waals surface area contributed by atoms with Crippen LogP contribution < -0.4 is 9.62 Å². The van der Waals surface area contributed by atoms with Crippen LogP contribution in [0, 0.1) is 13.8 Å². The smallest absolute Gasteiger partial charge is 0.324 e. The van der Waals surface area contributed by atoms with Gasteiger partial charge >= 0.3 is 6.18 Å². The first-order valence-electron chi connectivity index (χ1n) is 8.00. The fraction of sp³-hybridized carbons (Fsp3) is 0.278. The number of aryl methyl sites for hydroxylation is 2. The van der Waals surface area contributed by atoms with Crippen LogP contribution in [0.25, 0.3) is 0 Å². The maximum Gasteiger partial charge on any atom is 0.418 e. The zero-order valence-corrected chi connectivity index (χ0v) is 16.8. The van der Waals surface area contributed by atoms with Gasteiger partial charge in [-0.25, -0.2) is 8.42 Å². The molecule has 5 nitrogen and oxygen atoms in total. The van der Waals surface area contributed by atoms with E-state index in [0.717, 1.165) is 27.8 Å². The van der Waals surface area contributed by atoms with Crippen LogP contribution in [0.15, 0.2) is 36.4 Å². The molecule has 2 aromatic carbocycles. The molecule has 0 aliphatic carbocycles. The van der Waals surface area contributed by atoms with E-state index in [1.807, 2.05) is 6.92 Å². The van der Waals surface area contributed by atoms with Crippen LogP contribution in [-0.2, 0) is 21.0 Å². The van der Waals surface area contributed by atoms with E-state index < -0.39 is 39.9 Å². The van der Waals surface area contributed by atoms with E-state index in [-0.39, 0.29) is 10.7 Å². The van der Waals surface area contributed by atoms with Gasteiger partial charge in [-0.2, -0.15) is 13.2 Å². The van der Waals surface area contributed by atoms with Gasteiger partial charge in [-0.3, -0.25) is 9.10 Å². The number of benzene rings is 2. The van der Waals surface area contributed by atoms with Crippen LogP contribution >= 0.6 is 11.6 Å². The van der Waals surface area contributed by atoms with Gasteiger partial charge in [-0.15, -0.1) is 0 Å². The van der Waals surface area contributed by atoms with Crippen molar-refractivity contribution in [1.82, 2.24) is 0 Å². The van der Waals surface area contributed by atoms with Crippen molar-refractivity contribution >= 4 is 38.9 Å². The number of rotatable bonds is 5. The molecule has 10 heteroatoms. The molecule has 0 saturated carbocycles. The van der Waals surface area contributed by atoms with Crippen molar-refractivity contribution in [3.05, 3.63) is 58.1 Å². The number of nitrogens with one attached hydrogen (secondary N) is 1. The normalized spacial score (nSPS) is 12.0. The average molecular weight is 435 g/mol. The molecule has 0 fully saturated rings. The lowest BCUT2D eigenvalue weighted by atomic mass is 10.1. The lowest BCUT2D eigenvalue weighted by Gasteiger charge is -2.23. The van der Waals surface area contributed by atoms with Crippen molar-refractivity contribution < 1.29 is 26.4 Å². The molecule has 0 aliphatic rings. The van der Waals surface area contributed by atoms with E-state index in [1.54, 1.807) is 19.1 Å². The quantitative estimate of drug-likeness (QED) is 0.759. The average Bonchev–Trinajstić information content (AvgIpc) is 2.55. The number of hydrogen-bond acceptors (Lipinski definition) is 3. The molecule has 2 aromatic rings. The van der Waals surface area contributed by atoms with Crippen molar-refractivity contribution in [2.45, 2.75) is 20.0 Å². The molecule has 0 saturated heterocycles. The summed E-state index contributed by atoms with van der Waals surface area (Å²) in [5.74, 6) is -0.920. The summed E-state index contributed by atoms with van der Waals surface area (Å²) in [5.41, 5.74) is 0.357. The zero-order chi connectivity index (χ0) is 21.3. The van der Waals surface area contributed by atoms with Crippen molar-refractivity contribution in [1.29, 1.82) is 0 Å². The minimum Gasteiger partial charge on any atom is -0.324 e. The van der Waals surface area contributed by atoms with Crippen molar-refractivity contribution in [2.24, 2.45) is 0 Å². The highest BCUT2D eigenvalue weighted by Crippen LogP contribution is 2.36. The van der Waals surface area contributed by atoms with Gasteiger partial charge in [0, 0.05) is 5.02 Å². The van der Waals surface area contributed by atoms with Crippen LogP contribution in [0.2, 0.25) is 5.02 Å². The van der Waals surface area contributed by atoms with Crippen LogP contribution in [0.5, 0.6) is 0 Å². The Morgan fingerprint density at radius 1 is 1.11 bits per heavy atom. The maximum absolute atomic E-state index is 13.2. The number of amides is 1. The zero-order valence-electron chi connectivity index (χ0n) is 15.3. The molecule has 0 bridgehead atoms. The first kappa shape index (κ1) is 22.0. The Hall–Kier alpha value is -2.26. The first-order chi connectivity index (χ1) is 12.8. The highest BCUT2D eigenvalue weighted by Gasteiger charge is 2.34. The molecular formula is C18H18ClF3N2O3S. The van der Waals surface area contributed by atoms with Gasteiger partial charge in [-0.1, -0.05) is 17.7 Å². The van der Waals surface area contributed by atoms with Crippen LogP contribution in [0.4, 0.5) is 24.5 Å². The third-order valence-corrected chi connectivity index (χ3v) is 5.40. The second-order valence-electron chi connectivity index (χ2n) is 6.27. The third-order valence-electron chi connectivity index (χ3n) is 4.03. The number of nitrogens with zero attached hydrogens (tertiary/aromatic N) is 1. The molecular weight excluding hydrogens is 417 g/mol. The molecule has 0 aliphatic heterocycles. The molecule has 2 rings (SSSR count). The summed E-state index contributed by atoms with van der Waals surface area (Å²) in [5, 5.41) is 1.98. The molecule has 0 unspecified atom stereocenters. The largest absolute Gasteiger partial charge is 0.418 e. The maximum atomic E-state index is 13.2. The molecule has 28 heavy (non-hydrogen) atoms. The number of hydrogen-bond donors (Lipinski definition) is 1. The van der Waals surface area contributed by atoms with Gasteiger partial charge in [-0.05, 0) is 55.3 Å². The summed E-state index contributed by atoms with van der Waals surface area (Å²) in [6.07, 6.45) is -3.82. The number of carbonyl (C=O) groups is 1. The number of alkyl halides is 3. The van der Waals surface area contributed by atoms with E-state index in [0.29, 0.717) is 6.07 Å². The Labute approximate surface area is 166 Å². The number of halogens is 4. The summed E-state index contributed by atoms with van der Waals surface area (Å²) >= 11 is 5.61. The SMILES string of the molecule is Cc1ccc(N(CC(=O)Nc2ccc(Cl)cc2C(F)(F)F)S(C)(=O)=O)cc1C. The van der Waals surface area contributed by atoms with Crippen molar-refractivity contribution in [2.75, 3.05) is 22.4 Å². The van der Waals surface area contributed by atoms with Gasteiger partial charge in [0.2, 0.25) is 15.9 Å². The summed E-state index contributed by atoms with van der Waals surface area (Å²) in [4.78, 5) is 12.3. The molecule has 0 radical (unpaired) electrons. The predicted molar refractivity (Wildman–Crippen MR) is 103 cm³/mol. The number of carbonyl (C=O) groups excluding carboxylic acids is 1. The van der Waals surface area contributed by atoms with Crippen LogP contribution in [0.1, 0.15) is 16.7 Å². The molecule has 0 heterocycles. The van der Waals surface area contributed by atoms with E-state index >= 15 is 0 Å². The van der Waals surface area contributed by atoms with Gasteiger partial charge in [0.15, 0.2) is 0 Å². The summed E-state index contributed by atoms with van der Waals surface area (Å²) in [6, 6.07) is 7.72. The number of sulfonamides is 1. The minimum atomic E-state index is -4.74. The van der Waals surface area contributed by atoms with Crippen LogP contribution in [-0.4, -0.2) is 27.1 Å². The molecule has 0 aromatic heterocycles. The van der Waals surface area contributed by atoms with Gasteiger partial charge in [0.05, 0.1) is 23.2 Å². The van der Waals surface area contributed by atoms with Gasteiger partial charge in [0.1, 0.15) is 6.54 Å². The second kappa shape index (κ2) is 8.00. The Bertz CT molecular complexity index is 1010. The fourth-order valence-electron chi connectivity index (χ4n) is 2.46. The van der Waals surface area contributed by atoms with E-state index in [2.05, 4.69) is 5.32 Å². The predicted octanol–water partition coefficient (Wildman–Crippen LogP) is 4.38. The summed E-state index contributed by atoms with van der Waals surface area (Å²) < 4.78 is 64.6. The monoisotopic (exact) mass is 434 g/mol. The van der Waals surface area contributed by atoms with Gasteiger partial charge < -0.3 is 5.32 Å². The van der Waals surface area contributed by atoms with Crippen molar-refractivity contribution in [3.8, 4) is 0 Å². The second-order valence-corrected chi connectivity index (χ2v) is 8.62. The fourth-order valence-corrected chi connectivity index (χ4v) is 3.48. The Kier molecular flexibility index (Phi) is 6.30. The highest BCUT2D eigenvalue weighted by molar-refractivity contribution is 7.92. The first-order valence-corrected chi connectivity index (χ1v) is 10.2. The Morgan fingerprint density at radius 3 is 2.29 bits per heavy atom. The summed E-state index contributed by atoms with van der Waals surface area (Å²) in [7, 11) is -3.85. The molecule has 0 atom stereocenters. The van der Waals surface area contributed by atoms with E-state index in [4.69, 9.17) is 11.6 Å². The Morgan fingerprint density at radius 2 is 1.75 bits per heavy atom.